The van der Waals surface area contributed by atoms with Crippen molar-refractivity contribution in [3.05, 3.63) is 23.3 Å². The molecule has 0 aromatic heterocycles. The predicted molar refractivity (Wildman–Crippen MR) is 60.0 cm³/mol. The van der Waals surface area contributed by atoms with Crippen molar-refractivity contribution in [1.82, 2.24) is 0 Å². The second-order valence-electron chi connectivity index (χ2n) is 3.55. The summed E-state index contributed by atoms with van der Waals surface area (Å²) in [6.45, 7) is -0.395. The number of carboxylic acids is 1. The smallest absolute Gasteiger partial charge is 0.307 e. The number of nitrogens with two attached hydrogens (primary N) is 1. The summed E-state index contributed by atoms with van der Waals surface area (Å²) in [6.07, 6.45) is -0.277. The van der Waals surface area contributed by atoms with Gasteiger partial charge in [0.1, 0.15) is 0 Å². The van der Waals surface area contributed by atoms with Gasteiger partial charge in [-0.15, -0.1) is 0 Å². The third kappa shape index (κ3) is 2.86. The molecule has 0 saturated heterocycles. The van der Waals surface area contributed by atoms with Gasteiger partial charge in [-0.1, -0.05) is 6.07 Å². The van der Waals surface area contributed by atoms with E-state index in [9.17, 15) is 9.90 Å². The van der Waals surface area contributed by atoms with Crippen LogP contribution in [0, 0.1) is 0 Å². The van der Waals surface area contributed by atoms with E-state index in [1.807, 2.05) is 0 Å². The van der Waals surface area contributed by atoms with Gasteiger partial charge in [-0.3, -0.25) is 4.79 Å². The molecule has 5 N–H and O–H groups in total. The first-order chi connectivity index (χ1) is 8.01. The number of aliphatic carboxylic acids is 1. The minimum absolute atomic E-state index is 0.193. The monoisotopic (exact) mass is 241 g/mol. The summed E-state index contributed by atoms with van der Waals surface area (Å²) in [4.78, 5) is 10.7. The molecule has 0 aliphatic heterocycles. The maximum atomic E-state index is 10.7. The highest BCUT2D eigenvalue weighted by atomic mass is 16.5. The average molecular weight is 241 g/mol. The first-order valence-electron chi connectivity index (χ1n) is 4.98. The molecule has 0 fully saturated rings. The van der Waals surface area contributed by atoms with Crippen LogP contribution < -0.4 is 10.5 Å². The number of carboxylic acid groups (broad SMARTS) is 1. The largest absolute Gasteiger partial charge is 0.504 e. The molecule has 0 radical (unpaired) electrons. The van der Waals surface area contributed by atoms with Crippen LogP contribution in [0.1, 0.15) is 17.2 Å². The van der Waals surface area contributed by atoms with E-state index in [0.29, 0.717) is 5.56 Å². The normalized spacial score (nSPS) is 12.2. The number of aromatic hydroxyl groups is 1. The Morgan fingerprint density at radius 3 is 2.65 bits per heavy atom. The molecule has 1 aromatic rings. The van der Waals surface area contributed by atoms with E-state index in [4.69, 9.17) is 20.7 Å². The van der Waals surface area contributed by atoms with Gasteiger partial charge in [0.2, 0.25) is 0 Å². The highest BCUT2D eigenvalue weighted by Gasteiger charge is 2.20. The van der Waals surface area contributed by atoms with Gasteiger partial charge < -0.3 is 25.8 Å². The van der Waals surface area contributed by atoms with Gasteiger partial charge in [0.25, 0.3) is 0 Å². The van der Waals surface area contributed by atoms with Crippen molar-refractivity contribution in [3.8, 4) is 11.5 Å². The Labute approximate surface area is 98.3 Å². The van der Waals surface area contributed by atoms with Crippen molar-refractivity contribution >= 4 is 5.97 Å². The Hall–Kier alpha value is -1.79. The molecule has 0 aliphatic carbocycles. The molecule has 17 heavy (non-hydrogen) atoms. The van der Waals surface area contributed by atoms with Crippen LogP contribution in [0.3, 0.4) is 0 Å². The van der Waals surface area contributed by atoms with Crippen LogP contribution in [0.2, 0.25) is 0 Å². The first kappa shape index (κ1) is 13.3. The summed E-state index contributed by atoms with van der Waals surface area (Å²) in [7, 11) is 1.38. The lowest BCUT2D eigenvalue weighted by atomic mass is 9.97. The summed E-state index contributed by atoms with van der Waals surface area (Å²) >= 11 is 0. The molecule has 1 atom stereocenters. The van der Waals surface area contributed by atoms with Crippen LogP contribution in [0.15, 0.2) is 12.1 Å². The average Bonchev–Trinajstić information content (AvgIpc) is 2.28. The van der Waals surface area contributed by atoms with E-state index in [1.54, 1.807) is 0 Å². The highest BCUT2D eigenvalue weighted by Crippen LogP contribution is 2.35. The fraction of sp³-hybridized carbons (Fsp3) is 0.364. The number of hydrogen-bond donors (Lipinski definition) is 4. The third-order valence-electron chi connectivity index (χ3n) is 2.40. The predicted octanol–water partition coefficient (Wildman–Crippen LogP) is 0.0200. The van der Waals surface area contributed by atoms with Crippen LogP contribution in [0.4, 0.5) is 0 Å². The molecule has 94 valence electrons. The zero-order valence-corrected chi connectivity index (χ0v) is 9.38. The molecule has 1 aromatic carbocycles. The molecule has 6 heteroatoms. The van der Waals surface area contributed by atoms with Crippen LogP contribution in [-0.2, 0) is 11.2 Å². The number of benzene rings is 1. The maximum Gasteiger partial charge on any atom is 0.307 e. The SMILES string of the molecule is COc1ccc(CC(=O)O)c([C@H](N)CO)c1O. The summed E-state index contributed by atoms with van der Waals surface area (Å²) in [5.41, 5.74) is 6.20. The van der Waals surface area contributed by atoms with E-state index in [0.717, 1.165) is 0 Å². The molecular formula is C11H15NO5. The molecule has 1 rings (SSSR count). The molecule has 0 unspecified atom stereocenters. The molecule has 0 aliphatic rings. The maximum absolute atomic E-state index is 10.7. The van der Waals surface area contributed by atoms with E-state index >= 15 is 0 Å². The Kier molecular flexibility index (Phi) is 4.30. The Morgan fingerprint density at radius 1 is 1.53 bits per heavy atom. The second-order valence-corrected chi connectivity index (χ2v) is 3.55. The summed E-state index contributed by atoms with van der Waals surface area (Å²) in [5.74, 6) is -1.08. The van der Waals surface area contributed by atoms with Crippen molar-refractivity contribution < 1.29 is 24.9 Å². The van der Waals surface area contributed by atoms with Gasteiger partial charge in [-0.25, -0.2) is 0 Å². The molecule has 0 heterocycles. The molecule has 0 amide bonds. The minimum Gasteiger partial charge on any atom is -0.504 e. The Balaban J connectivity index is 3.29. The zero-order chi connectivity index (χ0) is 13.0. The molecule has 0 spiro atoms. The van der Waals surface area contributed by atoms with Gasteiger partial charge in [-0.2, -0.15) is 0 Å². The number of methoxy groups -OCH3 is 1. The second kappa shape index (κ2) is 5.51. The van der Waals surface area contributed by atoms with Crippen LogP contribution in [0.25, 0.3) is 0 Å². The van der Waals surface area contributed by atoms with Gasteiger partial charge in [0.05, 0.1) is 26.2 Å². The lowest BCUT2D eigenvalue weighted by molar-refractivity contribution is -0.136. The van der Waals surface area contributed by atoms with Crippen LogP contribution >= 0.6 is 0 Å². The fourth-order valence-electron chi connectivity index (χ4n) is 1.62. The van der Waals surface area contributed by atoms with Crippen molar-refractivity contribution in [3.63, 3.8) is 0 Å². The Bertz CT molecular complexity index is 419. The van der Waals surface area contributed by atoms with Gasteiger partial charge in [0.15, 0.2) is 11.5 Å². The quantitative estimate of drug-likeness (QED) is 0.578. The number of carbonyl (C=O) groups is 1. The van der Waals surface area contributed by atoms with E-state index < -0.39 is 18.6 Å². The zero-order valence-electron chi connectivity index (χ0n) is 9.38. The fourth-order valence-corrected chi connectivity index (χ4v) is 1.62. The van der Waals surface area contributed by atoms with Crippen LogP contribution in [0.5, 0.6) is 11.5 Å². The standard InChI is InChI=1S/C11H15NO5/c1-17-8-3-2-6(4-9(14)15)10(11(8)16)7(12)5-13/h2-3,7,13,16H,4-5,12H2,1H3,(H,14,15)/t7-/m1/s1. The molecule has 6 nitrogen and oxygen atoms in total. The summed E-state index contributed by atoms with van der Waals surface area (Å²) in [6, 6.07) is 2.12. The van der Waals surface area contributed by atoms with E-state index in [2.05, 4.69) is 0 Å². The lowest BCUT2D eigenvalue weighted by Gasteiger charge is -2.17. The van der Waals surface area contributed by atoms with Crippen molar-refractivity contribution in [2.24, 2.45) is 5.73 Å². The summed E-state index contributed by atoms with van der Waals surface area (Å²) < 4.78 is 4.91. The number of aliphatic hydroxyl groups is 1. The molecular weight excluding hydrogens is 226 g/mol. The number of rotatable bonds is 5. The number of ether oxygens (including phenoxy) is 1. The molecule has 0 bridgehead atoms. The van der Waals surface area contributed by atoms with E-state index in [1.165, 1.54) is 19.2 Å². The number of aliphatic hydroxyl groups excluding tert-OH is 1. The summed E-state index contributed by atoms with van der Waals surface area (Å²) in [5, 5.41) is 27.6. The topological polar surface area (TPSA) is 113 Å². The number of hydrogen-bond acceptors (Lipinski definition) is 5. The highest BCUT2D eigenvalue weighted by molar-refractivity contribution is 5.72. The van der Waals surface area contributed by atoms with Gasteiger partial charge in [-0.05, 0) is 11.6 Å². The molecule has 0 saturated carbocycles. The van der Waals surface area contributed by atoms with E-state index in [-0.39, 0.29) is 23.5 Å². The first-order valence-corrected chi connectivity index (χ1v) is 4.98. The lowest BCUT2D eigenvalue weighted by Crippen LogP contribution is -2.18. The van der Waals surface area contributed by atoms with Crippen LogP contribution in [-0.4, -0.2) is 35.0 Å². The minimum atomic E-state index is -1.04. The number of phenols is 1. The van der Waals surface area contributed by atoms with Gasteiger partial charge in [0, 0.05) is 5.56 Å². The van der Waals surface area contributed by atoms with Crippen molar-refractivity contribution in [1.29, 1.82) is 0 Å². The van der Waals surface area contributed by atoms with Crippen molar-refractivity contribution in [2.45, 2.75) is 12.5 Å². The van der Waals surface area contributed by atoms with Gasteiger partial charge >= 0.3 is 5.97 Å². The number of phenolic OH excluding ortho intramolecular Hbond substituents is 1. The third-order valence-corrected chi connectivity index (χ3v) is 2.40. The van der Waals surface area contributed by atoms with Crippen molar-refractivity contribution in [2.75, 3.05) is 13.7 Å². The Morgan fingerprint density at radius 2 is 2.18 bits per heavy atom.